The van der Waals surface area contributed by atoms with E-state index in [4.69, 9.17) is 10.5 Å². The Bertz CT molecular complexity index is 413. The van der Waals surface area contributed by atoms with E-state index < -0.39 is 11.8 Å². The smallest absolute Gasteiger partial charge is 0.278 e. The number of amides is 2. The second-order valence-electron chi connectivity index (χ2n) is 2.69. The van der Waals surface area contributed by atoms with Crippen molar-refractivity contribution in [2.24, 2.45) is 0 Å². The summed E-state index contributed by atoms with van der Waals surface area (Å²) in [5.74, 6) is -1.31. The van der Waals surface area contributed by atoms with Crippen LogP contribution in [0.5, 0.6) is 0 Å². The molecule has 0 fully saturated rings. The quantitative estimate of drug-likeness (QED) is 0.508. The monoisotopic (exact) mass is 204 g/mol. The molecule has 2 amide bonds. The highest BCUT2D eigenvalue weighted by molar-refractivity contribution is 6.20. The lowest BCUT2D eigenvalue weighted by Gasteiger charge is -1.99. The van der Waals surface area contributed by atoms with Gasteiger partial charge in [0.05, 0.1) is 17.2 Å². The minimum Gasteiger partial charge on any atom is -0.278 e. The van der Waals surface area contributed by atoms with E-state index in [1.807, 2.05) is 0 Å². The Labute approximate surface area is 86.1 Å². The molecular formula is C10H8N2O3. The normalized spacial score (nSPS) is 12.7. The van der Waals surface area contributed by atoms with Gasteiger partial charge in [0, 0.05) is 6.92 Å². The molecule has 2 rings (SSSR count). The Hall–Kier alpha value is -2.19. The fourth-order valence-corrected chi connectivity index (χ4v) is 1.18. The summed E-state index contributed by atoms with van der Waals surface area (Å²) in [7, 11) is 0. The summed E-state index contributed by atoms with van der Waals surface area (Å²) in [5, 5.41) is 16.4. The van der Waals surface area contributed by atoms with E-state index in [2.05, 4.69) is 0 Å². The lowest BCUT2D eigenvalue weighted by atomic mass is 10.1. The van der Waals surface area contributed by atoms with Gasteiger partial charge in [0.25, 0.3) is 11.8 Å². The van der Waals surface area contributed by atoms with Crippen LogP contribution in [0.25, 0.3) is 0 Å². The van der Waals surface area contributed by atoms with Crippen molar-refractivity contribution in [1.82, 2.24) is 5.06 Å². The topological polar surface area (TPSA) is 81.4 Å². The molecule has 1 N–H and O–H groups in total. The molecule has 1 aliphatic rings. The molecule has 0 atom stereocenters. The molecule has 0 bridgehead atoms. The molecule has 5 heteroatoms. The van der Waals surface area contributed by atoms with Gasteiger partial charge in [-0.2, -0.15) is 5.26 Å². The molecule has 0 aromatic heterocycles. The van der Waals surface area contributed by atoms with E-state index >= 15 is 0 Å². The molecular weight excluding hydrogens is 196 g/mol. The maximum absolute atomic E-state index is 11.1. The summed E-state index contributed by atoms with van der Waals surface area (Å²) in [6, 6.07) is 8.05. The number of hydroxylamine groups is 2. The summed E-state index contributed by atoms with van der Waals surface area (Å²) in [6.07, 6.45) is 0. The van der Waals surface area contributed by atoms with E-state index in [1.165, 1.54) is 19.1 Å². The van der Waals surface area contributed by atoms with Gasteiger partial charge in [-0.25, -0.2) is 0 Å². The minimum atomic E-state index is -0.657. The first-order valence-corrected chi connectivity index (χ1v) is 4.11. The molecule has 76 valence electrons. The number of hydrogen-bond acceptors (Lipinski definition) is 4. The molecule has 0 spiro atoms. The Balaban J connectivity index is 0.000000337. The molecule has 1 heterocycles. The first-order chi connectivity index (χ1) is 7.13. The third kappa shape index (κ3) is 1.85. The summed E-state index contributed by atoms with van der Waals surface area (Å²) in [4.78, 5) is 22.1. The number of nitrogens with zero attached hydrogens (tertiary/aromatic N) is 2. The van der Waals surface area contributed by atoms with Crippen LogP contribution in [-0.4, -0.2) is 22.1 Å². The summed E-state index contributed by atoms with van der Waals surface area (Å²) in [5.41, 5.74) is 0.509. The number of hydrogen-bond donors (Lipinski definition) is 1. The highest BCUT2D eigenvalue weighted by Gasteiger charge is 2.33. The average Bonchev–Trinajstić information content (AvgIpc) is 2.46. The summed E-state index contributed by atoms with van der Waals surface area (Å²) < 4.78 is 0. The molecule has 0 aliphatic carbocycles. The number of carbonyl (C=O) groups excluding carboxylic acids is 2. The van der Waals surface area contributed by atoms with Crippen molar-refractivity contribution in [2.45, 2.75) is 6.92 Å². The zero-order valence-electron chi connectivity index (χ0n) is 7.97. The van der Waals surface area contributed by atoms with Gasteiger partial charge >= 0.3 is 0 Å². The van der Waals surface area contributed by atoms with E-state index in [0.717, 1.165) is 0 Å². The van der Waals surface area contributed by atoms with Gasteiger partial charge in [-0.3, -0.25) is 14.8 Å². The van der Waals surface area contributed by atoms with Crippen LogP contribution >= 0.6 is 0 Å². The summed E-state index contributed by atoms with van der Waals surface area (Å²) >= 11 is 0. The second kappa shape index (κ2) is 4.35. The highest BCUT2D eigenvalue weighted by atomic mass is 16.5. The molecule has 5 nitrogen and oxygen atoms in total. The zero-order chi connectivity index (χ0) is 11.4. The molecule has 0 unspecified atom stereocenters. The largest absolute Gasteiger partial charge is 0.285 e. The third-order valence-corrected chi connectivity index (χ3v) is 1.77. The Kier molecular flexibility index (Phi) is 3.16. The van der Waals surface area contributed by atoms with E-state index in [9.17, 15) is 9.59 Å². The molecule has 0 radical (unpaired) electrons. The standard InChI is InChI=1S/C8H5NO3.C2H3N/c10-7-5-3-1-2-4-6(5)8(11)9(7)12;1-2-3/h1-4,12H;1H3. The van der Waals surface area contributed by atoms with Crippen molar-refractivity contribution in [3.8, 4) is 6.07 Å². The number of rotatable bonds is 0. The molecule has 1 aromatic rings. The predicted molar refractivity (Wildman–Crippen MR) is 50.0 cm³/mol. The van der Waals surface area contributed by atoms with E-state index in [-0.39, 0.29) is 16.2 Å². The lowest BCUT2D eigenvalue weighted by molar-refractivity contribution is -0.0327. The van der Waals surface area contributed by atoms with Crippen LogP contribution in [0.4, 0.5) is 0 Å². The van der Waals surface area contributed by atoms with Gasteiger partial charge in [-0.15, -0.1) is 5.06 Å². The molecule has 0 saturated carbocycles. The average molecular weight is 204 g/mol. The maximum atomic E-state index is 11.1. The Morgan fingerprint density at radius 1 is 1.20 bits per heavy atom. The van der Waals surface area contributed by atoms with Gasteiger partial charge in [0.2, 0.25) is 0 Å². The Morgan fingerprint density at radius 3 is 1.87 bits per heavy atom. The van der Waals surface area contributed by atoms with Gasteiger partial charge in [0.1, 0.15) is 0 Å². The van der Waals surface area contributed by atoms with Crippen molar-refractivity contribution in [2.75, 3.05) is 0 Å². The van der Waals surface area contributed by atoms with Crippen molar-refractivity contribution in [1.29, 1.82) is 5.26 Å². The van der Waals surface area contributed by atoms with Crippen LogP contribution in [-0.2, 0) is 0 Å². The number of benzene rings is 1. The third-order valence-electron chi connectivity index (χ3n) is 1.77. The Morgan fingerprint density at radius 2 is 1.53 bits per heavy atom. The van der Waals surface area contributed by atoms with Crippen molar-refractivity contribution in [3.63, 3.8) is 0 Å². The fraction of sp³-hybridized carbons (Fsp3) is 0.100. The van der Waals surface area contributed by atoms with Crippen LogP contribution in [0, 0.1) is 11.3 Å². The van der Waals surface area contributed by atoms with Crippen LogP contribution in [0.1, 0.15) is 27.6 Å². The first-order valence-electron chi connectivity index (χ1n) is 4.11. The number of fused-ring (bicyclic) bond motifs is 1. The minimum absolute atomic E-state index is 0.130. The van der Waals surface area contributed by atoms with Crippen molar-refractivity contribution in [3.05, 3.63) is 35.4 Å². The van der Waals surface area contributed by atoms with Gasteiger partial charge in [0.15, 0.2) is 0 Å². The highest BCUT2D eigenvalue weighted by Crippen LogP contribution is 2.19. The van der Waals surface area contributed by atoms with Gasteiger partial charge in [-0.05, 0) is 12.1 Å². The number of nitriles is 1. The van der Waals surface area contributed by atoms with Crippen molar-refractivity contribution >= 4 is 11.8 Å². The number of carbonyl (C=O) groups is 2. The van der Waals surface area contributed by atoms with Crippen LogP contribution in [0.2, 0.25) is 0 Å². The lowest BCUT2D eigenvalue weighted by Crippen LogP contribution is -2.25. The van der Waals surface area contributed by atoms with Crippen LogP contribution in [0.15, 0.2) is 24.3 Å². The maximum Gasteiger partial charge on any atom is 0.285 e. The molecule has 0 saturated heterocycles. The zero-order valence-corrected chi connectivity index (χ0v) is 7.97. The van der Waals surface area contributed by atoms with E-state index in [0.29, 0.717) is 0 Å². The van der Waals surface area contributed by atoms with E-state index in [1.54, 1.807) is 18.2 Å². The molecule has 15 heavy (non-hydrogen) atoms. The summed E-state index contributed by atoms with van der Waals surface area (Å²) in [6.45, 7) is 1.43. The predicted octanol–water partition coefficient (Wildman–Crippen LogP) is 1.20. The van der Waals surface area contributed by atoms with Gasteiger partial charge < -0.3 is 0 Å². The van der Waals surface area contributed by atoms with Crippen molar-refractivity contribution < 1.29 is 14.8 Å². The number of imide groups is 1. The SMILES string of the molecule is CC#N.O=C1c2ccccc2C(=O)N1O. The van der Waals surface area contributed by atoms with Gasteiger partial charge in [-0.1, -0.05) is 12.1 Å². The molecule has 1 aliphatic heterocycles. The van der Waals surface area contributed by atoms with Crippen LogP contribution in [0.3, 0.4) is 0 Å². The fourth-order valence-electron chi connectivity index (χ4n) is 1.18. The first kappa shape index (κ1) is 10.9. The molecule has 1 aromatic carbocycles. The second-order valence-corrected chi connectivity index (χ2v) is 2.69. The van der Waals surface area contributed by atoms with Crippen LogP contribution < -0.4 is 0 Å².